The molecule has 0 N–H and O–H groups in total. The van der Waals surface area contributed by atoms with Gasteiger partial charge in [0.05, 0.1) is 23.3 Å². The molecule has 2 aromatic rings. The highest BCUT2D eigenvalue weighted by Gasteiger charge is 2.30. The van der Waals surface area contributed by atoms with E-state index in [0.717, 1.165) is 28.9 Å². The Morgan fingerprint density at radius 2 is 1.75 bits per heavy atom. The zero-order valence-corrected chi connectivity index (χ0v) is 10.6. The smallest absolute Gasteiger partial charge is 0.232 e. The lowest BCUT2D eigenvalue weighted by Crippen LogP contribution is -2.07. The Morgan fingerprint density at radius 3 is 2.20 bits per heavy atom. The summed E-state index contributed by atoms with van der Waals surface area (Å²) < 4.78 is 64.1. The molecule has 0 unspecified atom stereocenters. The quantitative estimate of drug-likeness (QED) is 0.600. The van der Waals surface area contributed by atoms with E-state index in [9.17, 15) is 22.0 Å². The van der Waals surface area contributed by atoms with Gasteiger partial charge in [-0.05, 0) is 24.3 Å². The minimum Gasteiger partial charge on any atom is -0.232 e. The molecule has 8 heteroatoms. The van der Waals surface area contributed by atoms with Crippen LogP contribution in [0.25, 0.3) is 5.69 Å². The Morgan fingerprint density at radius 1 is 1.15 bits per heavy atom. The molecule has 0 aliphatic rings. The Kier molecular flexibility index (Phi) is 3.99. The van der Waals surface area contributed by atoms with Gasteiger partial charge in [-0.1, -0.05) is 0 Å². The van der Waals surface area contributed by atoms with Crippen molar-refractivity contribution in [2.45, 2.75) is 18.5 Å². The van der Waals surface area contributed by atoms with Gasteiger partial charge in [0.2, 0.25) is 0 Å². The van der Waals surface area contributed by atoms with Gasteiger partial charge in [0, 0.05) is 5.56 Å². The highest BCUT2D eigenvalue weighted by molar-refractivity contribution is 6.17. The lowest BCUT2D eigenvalue weighted by atomic mass is 10.2. The highest BCUT2D eigenvalue weighted by Crippen LogP contribution is 2.31. The zero-order chi connectivity index (χ0) is 14.9. The first kappa shape index (κ1) is 14.8. The van der Waals surface area contributed by atoms with E-state index in [1.807, 2.05) is 0 Å². The monoisotopic (exact) mass is 310 g/mol. The van der Waals surface area contributed by atoms with Crippen molar-refractivity contribution in [1.29, 1.82) is 0 Å². The summed E-state index contributed by atoms with van der Waals surface area (Å²) in [4.78, 5) is 0. The van der Waals surface area contributed by atoms with E-state index in [2.05, 4.69) is 5.10 Å². The molecular weight excluding hydrogens is 303 g/mol. The molecule has 0 atom stereocenters. The van der Waals surface area contributed by atoms with Crippen LogP contribution in [0.4, 0.5) is 22.0 Å². The van der Waals surface area contributed by atoms with Crippen molar-refractivity contribution in [2.24, 2.45) is 0 Å². The number of benzene rings is 1. The summed E-state index contributed by atoms with van der Waals surface area (Å²) in [7, 11) is 0. The molecule has 1 heterocycles. The molecule has 0 fully saturated rings. The maximum atomic E-state index is 13.0. The van der Waals surface area contributed by atoms with Crippen LogP contribution in [-0.2, 0) is 12.1 Å². The maximum Gasteiger partial charge on any atom is 0.416 e. The lowest BCUT2D eigenvalue weighted by Gasteiger charge is -2.10. The standard InChI is InChI=1S/C12H8ClF5N2/c13-5-7-6-19-20(10(7)11(14)15)9-3-1-8(2-4-9)12(16,17)18/h1-4,6,11H,5H2. The number of nitrogens with zero attached hydrogens (tertiary/aromatic N) is 2. The molecule has 0 saturated heterocycles. The fraction of sp³-hybridized carbons (Fsp3) is 0.250. The number of hydrogen-bond donors (Lipinski definition) is 0. The molecule has 0 bridgehead atoms. The molecule has 0 aliphatic carbocycles. The zero-order valence-electron chi connectivity index (χ0n) is 9.83. The topological polar surface area (TPSA) is 17.8 Å². The minimum absolute atomic E-state index is 0.115. The fourth-order valence-corrected chi connectivity index (χ4v) is 1.93. The van der Waals surface area contributed by atoms with Crippen LogP contribution in [0.15, 0.2) is 30.5 Å². The van der Waals surface area contributed by atoms with Crippen LogP contribution in [-0.4, -0.2) is 9.78 Å². The van der Waals surface area contributed by atoms with Crippen molar-refractivity contribution in [2.75, 3.05) is 0 Å². The minimum atomic E-state index is -4.48. The van der Waals surface area contributed by atoms with Gasteiger partial charge in [0.1, 0.15) is 5.69 Å². The molecule has 0 spiro atoms. The number of hydrogen-bond acceptors (Lipinski definition) is 1. The van der Waals surface area contributed by atoms with Gasteiger partial charge in [-0.3, -0.25) is 0 Å². The summed E-state index contributed by atoms with van der Waals surface area (Å²) in [6, 6.07) is 3.79. The summed E-state index contributed by atoms with van der Waals surface area (Å²) in [5.74, 6) is -0.152. The highest BCUT2D eigenvalue weighted by atomic mass is 35.5. The van der Waals surface area contributed by atoms with Crippen molar-refractivity contribution >= 4 is 11.6 Å². The second-order valence-corrected chi connectivity index (χ2v) is 4.21. The molecule has 0 radical (unpaired) electrons. The van der Waals surface area contributed by atoms with Gasteiger partial charge in [0.15, 0.2) is 0 Å². The summed E-state index contributed by atoms with van der Waals surface area (Å²) in [5.41, 5.74) is -1.02. The van der Waals surface area contributed by atoms with E-state index in [4.69, 9.17) is 11.6 Å². The van der Waals surface area contributed by atoms with Gasteiger partial charge in [-0.25, -0.2) is 13.5 Å². The second-order valence-electron chi connectivity index (χ2n) is 3.95. The predicted molar refractivity (Wildman–Crippen MR) is 63.1 cm³/mol. The molecule has 1 aromatic carbocycles. The number of aromatic nitrogens is 2. The third-order valence-corrected chi connectivity index (χ3v) is 2.96. The third kappa shape index (κ3) is 2.77. The number of rotatable bonds is 3. The predicted octanol–water partition coefficient (Wildman–Crippen LogP) is 4.57. The Balaban J connectivity index is 2.45. The van der Waals surface area contributed by atoms with Gasteiger partial charge in [0.25, 0.3) is 6.43 Å². The molecule has 0 saturated carbocycles. The van der Waals surface area contributed by atoms with Crippen LogP contribution in [0.5, 0.6) is 0 Å². The molecule has 108 valence electrons. The van der Waals surface area contributed by atoms with Crippen LogP contribution in [0.2, 0.25) is 0 Å². The molecule has 2 nitrogen and oxygen atoms in total. The number of halogens is 6. The van der Waals surface area contributed by atoms with Crippen molar-refractivity contribution in [3.8, 4) is 5.69 Å². The summed E-state index contributed by atoms with van der Waals surface area (Å²) in [5, 5.41) is 3.74. The van der Waals surface area contributed by atoms with Crippen LogP contribution in [0, 0.1) is 0 Å². The summed E-state index contributed by atoms with van der Waals surface area (Å²) in [6.45, 7) is 0. The van der Waals surface area contributed by atoms with Gasteiger partial charge >= 0.3 is 6.18 Å². The molecule has 0 amide bonds. The first-order valence-electron chi connectivity index (χ1n) is 5.43. The van der Waals surface area contributed by atoms with E-state index >= 15 is 0 Å². The van der Waals surface area contributed by atoms with Crippen LogP contribution >= 0.6 is 11.6 Å². The fourth-order valence-electron chi connectivity index (χ4n) is 1.72. The molecule has 0 aliphatic heterocycles. The van der Waals surface area contributed by atoms with Gasteiger partial charge in [-0.2, -0.15) is 18.3 Å². The van der Waals surface area contributed by atoms with Crippen molar-refractivity contribution in [3.05, 3.63) is 47.3 Å². The average Bonchev–Trinajstić information content (AvgIpc) is 2.81. The first-order chi connectivity index (χ1) is 9.34. The van der Waals surface area contributed by atoms with Crippen LogP contribution < -0.4 is 0 Å². The third-order valence-electron chi connectivity index (χ3n) is 2.68. The van der Waals surface area contributed by atoms with E-state index in [-0.39, 0.29) is 17.1 Å². The molecule has 1 aromatic heterocycles. The van der Waals surface area contributed by atoms with Crippen molar-refractivity contribution in [3.63, 3.8) is 0 Å². The lowest BCUT2D eigenvalue weighted by molar-refractivity contribution is -0.137. The Hall–Kier alpha value is -1.63. The largest absolute Gasteiger partial charge is 0.416 e. The first-order valence-corrected chi connectivity index (χ1v) is 5.96. The van der Waals surface area contributed by atoms with E-state index in [1.165, 1.54) is 6.20 Å². The summed E-state index contributed by atoms with van der Waals surface area (Å²) in [6.07, 6.45) is -6.13. The summed E-state index contributed by atoms with van der Waals surface area (Å²) >= 11 is 5.53. The maximum absolute atomic E-state index is 13.0. The Labute approximate surface area is 115 Å². The SMILES string of the molecule is FC(F)c1c(CCl)cnn1-c1ccc(C(F)(F)F)cc1. The van der Waals surface area contributed by atoms with E-state index in [1.54, 1.807) is 0 Å². The van der Waals surface area contributed by atoms with Crippen molar-refractivity contribution < 1.29 is 22.0 Å². The molecule has 2 rings (SSSR count). The van der Waals surface area contributed by atoms with E-state index in [0.29, 0.717) is 0 Å². The van der Waals surface area contributed by atoms with Crippen molar-refractivity contribution in [1.82, 2.24) is 9.78 Å². The molecular formula is C12H8ClF5N2. The molecule has 20 heavy (non-hydrogen) atoms. The normalized spacial score (nSPS) is 12.2. The van der Waals surface area contributed by atoms with Gasteiger partial charge < -0.3 is 0 Å². The van der Waals surface area contributed by atoms with Crippen LogP contribution in [0.3, 0.4) is 0 Å². The van der Waals surface area contributed by atoms with Crippen LogP contribution in [0.1, 0.15) is 23.2 Å². The van der Waals surface area contributed by atoms with E-state index < -0.39 is 23.9 Å². The average molecular weight is 311 g/mol. The van der Waals surface area contributed by atoms with Gasteiger partial charge in [-0.15, -0.1) is 11.6 Å². The number of alkyl halides is 6. The Bertz CT molecular complexity index is 589. The second kappa shape index (κ2) is 5.40.